The Balaban J connectivity index is 2.84. The maximum atomic E-state index is 10.4. The molecule has 5 nitrogen and oxygen atoms in total. The number of nitrogens with two attached hydrogens (primary N) is 2. The SMILES string of the molecule is NCC(N)c1ccc(C(=O)O)o1. The van der Waals surface area contributed by atoms with E-state index >= 15 is 0 Å². The fourth-order valence-corrected chi connectivity index (χ4v) is 0.783. The van der Waals surface area contributed by atoms with Gasteiger partial charge in [0.05, 0.1) is 6.04 Å². The summed E-state index contributed by atoms with van der Waals surface area (Å²) in [5.74, 6) is -0.825. The molecule has 0 radical (unpaired) electrons. The lowest BCUT2D eigenvalue weighted by Crippen LogP contribution is -2.20. The van der Waals surface area contributed by atoms with Crippen molar-refractivity contribution in [2.75, 3.05) is 6.54 Å². The zero-order valence-electron chi connectivity index (χ0n) is 6.36. The average Bonchev–Trinajstić information content (AvgIpc) is 2.51. The highest BCUT2D eigenvalue weighted by molar-refractivity contribution is 5.84. The van der Waals surface area contributed by atoms with Gasteiger partial charge in [0.1, 0.15) is 5.76 Å². The summed E-state index contributed by atoms with van der Waals surface area (Å²) in [5, 5.41) is 8.49. The van der Waals surface area contributed by atoms with Crippen LogP contribution in [0.5, 0.6) is 0 Å². The van der Waals surface area contributed by atoms with Gasteiger partial charge in [-0.15, -0.1) is 0 Å². The van der Waals surface area contributed by atoms with Crippen molar-refractivity contribution in [1.82, 2.24) is 0 Å². The number of hydrogen-bond acceptors (Lipinski definition) is 4. The molecule has 0 saturated carbocycles. The van der Waals surface area contributed by atoms with Gasteiger partial charge in [0, 0.05) is 6.54 Å². The Bertz CT molecular complexity index is 282. The van der Waals surface area contributed by atoms with Gasteiger partial charge in [-0.05, 0) is 12.1 Å². The summed E-state index contributed by atoms with van der Waals surface area (Å²) in [6, 6.07) is 2.44. The van der Waals surface area contributed by atoms with Gasteiger partial charge in [-0.2, -0.15) is 0 Å². The van der Waals surface area contributed by atoms with E-state index < -0.39 is 12.0 Å². The molecule has 0 aromatic carbocycles. The monoisotopic (exact) mass is 170 g/mol. The van der Waals surface area contributed by atoms with E-state index in [-0.39, 0.29) is 12.3 Å². The van der Waals surface area contributed by atoms with Gasteiger partial charge in [0.15, 0.2) is 0 Å². The first-order chi connectivity index (χ1) is 5.65. The van der Waals surface area contributed by atoms with Crippen molar-refractivity contribution in [1.29, 1.82) is 0 Å². The van der Waals surface area contributed by atoms with Crippen LogP contribution in [0.2, 0.25) is 0 Å². The summed E-state index contributed by atoms with van der Waals surface area (Å²) in [6.07, 6.45) is 0. The molecule has 12 heavy (non-hydrogen) atoms. The molecule has 66 valence electrons. The fourth-order valence-electron chi connectivity index (χ4n) is 0.783. The molecule has 0 amide bonds. The summed E-state index contributed by atoms with van der Waals surface area (Å²) in [5.41, 5.74) is 10.8. The summed E-state index contributed by atoms with van der Waals surface area (Å²) >= 11 is 0. The van der Waals surface area contributed by atoms with E-state index in [0.717, 1.165) is 0 Å². The highest BCUT2D eigenvalue weighted by Gasteiger charge is 2.12. The standard InChI is InChI=1S/C7H10N2O3/c8-3-4(9)5-1-2-6(12-5)7(10)11/h1-2,4H,3,8-9H2,(H,10,11). The third-order valence-electron chi connectivity index (χ3n) is 1.46. The van der Waals surface area contributed by atoms with Gasteiger partial charge in [0.25, 0.3) is 0 Å². The summed E-state index contributed by atoms with van der Waals surface area (Å²) in [4.78, 5) is 10.4. The van der Waals surface area contributed by atoms with Crippen molar-refractivity contribution in [2.24, 2.45) is 11.5 Å². The number of hydrogen-bond donors (Lipinski definition) is 3. The second-order valence-electron chi connectivity index (χ2n) is 2.35. The van der Waals surface area contributed by atoms with E-state index in [9.17, 15) is 4.79 Å². The normalized spacial score (nSPS) is 12.8. The molecule has 0 bridgehead atoms. The Kier molecular flexibility index (Phi) is 2.47. The van der Waals surface area contributed by atoms with Crippen molar-refractivity contribution in [3.63, 3.8) is 0 Å². The Morgan fingerprint density at radius 2 is 2.33 bits per heavy atom. The quantitative estimate of drug-likeness (QED) is 0.589. The van der Waals surface area contributed by atoms with Crippen LogP contribution in [0.4, 0.5) is 0 Å². The van der Waals surface area contributed by atoms with Crippen molar-refractivity contribution >= 4 is 5.97 Å². The number of rotatable bonds is 3. The van der Waals surface area contributed by atoms with E-state index in [0.29, 0.717) is 5.76 Å². The van der Waals surface area contributed by atoms with Crippen LogP contribution < -0.4 is 11.5 Å². The third kappa shape index (κ3) is 1.63. The van der Waals surface area contributed by atoms with Gasteiger partial charge in [-0.3, -0.25) is 0 Å². The second-order valence-corrected chi connectivity index (χ2v) is 2.35. The fraction of sp³-hybridized carbons (Fsp3) is 0.286. The molecule has 1 heterocycles. The van der Waals surface area contributed by atoms with Crippen LogP contribution >= 0.6 is 0 Å². The topological polar surface area (TPSA) is 102 Å². The number of carbonyl (C=O) groups is 1. The summed E-state index contributed by atoms with van der Waals surface area (Å²) in [6.45, 7) is 0.229. The van der Waals surface area contributed by atoms with Crippen molar-refractivity contribution in [2.45, 2.75) is 6.04 Å². The zero-order chi connectivity index (χ0) is 9.14. The Morgan fingerprint density at radius 1 is 1.67 bits per heavy atom. The maximum Gasteiger partial charge on any atom is 0.371 e. The minimum atomic E-state index is -1.11. The molecule has 0 spiro atoms. The third-order valence-corrected chi connectivity index (χ3v) is 1.46. The van der Waals surface area contributed by atoms with Crippen LogP contribution in [0, 0.1) is 0 Å². The molecule has 0 fully saturated rings. The molecule has 1 aromatic rings. The minimum absolute atomic E-state index is 0.117. The summed E-state index contributed by atoms with van der Waals surface area (Å²) in [7, 11) is 0. The Morgan fingerprint density at radius 3 is 2.75 bits per heavy atom. The van der Waals surface area contributed by atoms with E-state index in [1.165, 1.54) is 12.1 Å². The first-order valence-corrected chi connectivity index (χ1v) is 3.44. The van der Waals surface area contributed by atoms with Crippen molar-refractivity contribution < 1.29 is 14.3 Å². The molecule has 5 heteroatoms. The number of carboxylic acid groups (broad SMARTS) is 1. The van der Waals surface area contributed by atoms with E-state index in [2.05, 4.69) is 0 Å². The largest absolute Gasteiger partial charge is 0.475 e. The van der Waals surface area contributed by atoms with Crippen LogP contribution in [-0.2, 0) is 0 Å². The number of carboxylic acids is 1. The molecule has 1 aromatic heterocycles. The lowest BCUT2D eigenvalue weighted by atomic mass is 10.2. The Hall–Kier alpha value is -1.33. The van der Waals surface area contributed by atoms with E-state index in [1.54, 1.807) is 0 Å². The van der Waals surface area contributed by atoms with Crippen LogP contribution in [0.1, 0.15) is 22.4 Å². The molecule has 0 aliphatic carbocycles. The number of aromatic carboxylic acids is 1. The summed E-state index contributed by atoms with van der Waals surface area (Å²) < 4.78 is 4.89. The molecular formula is C7H10N2O3. The first kappa shape index (κ1) is 8.76. The van der Waals surface area contributed by atoms with Gasteiger partial charge < -0.3 is 21.0 Å². The van der Waals surface area contributed by atoms with Crippen LogP contribution in [0.15, 0.2) is 16.5 Å². The molecule has 5 N–H and O–H groups in total. The van der Waals surface area contributed by atoms with Gasteiger partial charge in [0.2, 0.25) is 5.76 Å². The molecule has 1 unspecified atom stereocenters. The smallest absolute Gasteiger partial charge is 0.371 e. The number of furan rings is 1. The van der Waals surface area contributed by atoms with Crippen molar-refractivity contribution in [3.05, 3.63) is 23.7 Å². The second kappa shape index (κ2) is 3.38. The zero-order valence-corrected chi connectivity index (χ0v) is 6.36. The predicted octanol–water partition coefficient (Wildman–Crippen LogP) is -0.0637. The molecule has 0 aliphatic rings. The molecule has 1 atom stereocenters. The van der Waals surface area contributed by atoms with E-state index in [1.807, 2.05) is 0 Å². The Labute approximate surface area is 69.0 Å². The lowest BCUT2D eigenvalue weighted by Gasteiger charge is -2.02. The van der Waals surface area contributed by atoms with Crippen molar-refractivity contribution in [3.8, 4) is 0 Å². The maximum absolute atomic E-state index is 10.4. The first-order valence-electron chi connectivity index (χ1n) is 3.44. The van der Waals surface area contributed by atoms with Gasteiger partial charge >= 0.3 is 5.97 Å². The highest BCUT2D eigenvalue weighted by Crippen LogP contribution is 2.13. The minimum Gasteiger partial charge on any atom is -0.475 e. The average molecular weight is 170 g/mol. The van der Waals surface area contributed by atoms with Crippen LogP contribution in [0.3, 0.4) is 0 Å². The highest BCUT2D eigenvalue weighted by atomic mass is 16.4. The van der Waals surface area contributed by atoms with Gasteiger partial charge in [-0.1, -0.05) is 0 Å². The predicted molar refractivity (Wildman–Crippen MR) is 41.7 cm³/mol. The molecule has 1 rings (SSSR count). The molecule has 0 aliphatic heterocycles. The van der Waals surface area contributed by atoms with E-state index in [4.69, 9.17) is 21.0 Å². The molecular weight excluding hydrogens is 160 g/mol. The van der Waals surface area contributed by atoms with Crippen LogP contribution in [0.25, 0.3) is 0 Å². The molecule has 0 saturated heterocycles. The lowest BCUT2D eigenvalue weighted by molar-refractivity contribution is 0.0660. The van der Waals surface area contributed by atoms with Crippen LogP contribution in [-0.4, -0.2) is 17.6 Å². The van der Waals surface area contributed by atoms with Gasteiger partial charge in [-0.25, -0.2) is 4.79 Å².